The summed E-state index contributed by atoms with van der Waals surface area (Å²) in [7, 11) is 0. The van der Waals surface area contributed by atoms with Gasteiger partial charge in [-0.2, -0.15) is 0 Å². The van der Waals surface area contributed by atoms with Gasteiger partial charge < -0.3 is 10.6 Å². The summed E-state index contributed by atoms with van der Waals surface area (Å²) in [5.41, 5.74) is 5.09. The van der Waals surface area contributed by atoms with Gasteiger partial charge in [-0.3, -0.25) is 4.79 Å². The minimum Gasteiger partial charge on any atom is -0.331 e. The van der Waals surface area contributed by atoms with Gasteiger partial charge in [0.1, 0.15) is 0 Å². The first kappa shape index (κ1) is 12.1. The summed E-state index contributed by atoms with van der Waals surface area (Å²) < 4.78 is 0. The van der Waals surface area contributed by atoms with Crippen LogP contribution in [-0.4, -0.2) is 30.4 Å². The van der Waals surface area contributed by atoms with E-state index in [1.165, 1.54) is 12.8 Å². The largest absolute Gasteiger partial charge is 0.331 e. The zero-order valence-corrected chi connectivity index (χ0v) is 9.62. The standard InChI is InChI=1S/C12H20N2O/c1-4-7-14(8-10-5-6-10)11(15)12(2,3)9-13/h1,10H,5-9,13H2,2-3H3. The molecule has 1 saturated carbocycles. The number of carbonyl (C=O) groups excluding carboxylic acids is 1. The van der Waals surface area contributed by atoms with Crippen LogP contribution in [0.4, 0.5) is 0 Å². The third-order valence-electron chi connectivity index (χ3n) is 2.83. The highest BCUT2D eigenvalue weighted by molar-refractivity contribution is 5.82. The summed E-state index contributed by atoms with van der Waals surface area (Å²) in [5.74, 6) is 3.28. The Morgan fingerprint density at radius 1 is 1.60 bits per heavy atom. The van der Waals surface area contributed by atoms with Crippen molar-refractivity contribution in [3.05, 3.63) is 0 Å². The fourth-order valence-electron chi connectivity index (χ4n) is 1.46. The molecule has 1 fully saturated rings. The lowest BCUT2D eigenvalue weighted by Crippen LogP contribution is -2.45. The molecule has 1 rings (SSSR count). The minimum atomic E-state index is -0.494. The smallest absolute Gasteiger partial charge is 0.230 e. The van der Waals surface area contributed by atoms with E-state index >= 15 is 0 Å². The number of hydrogen-bond donors (Lipinski definition) is 1. The van der Waals surface area contributed by atoms with Gasteiger partial charge in [0.15, 0.2) is 0 Å². The maximum absolute atomic E-state index is 12.1. The lowest BCUT2D eigenvalue weighted by molar-refractivity contribution is -0.139. The molecule has 0 radical (unpaired) electrons. The summed E-state index contributed by atoms with van der Waals surface area (Å²) in [6, 6.07) is 0. The Morgan fingerprint density at radius 2 is 2.20 bits per heavy atom. The van der Waals surface area contributed by atoms with Crippen LogP contribution in [-0.2, 0) is 4.79 Å². The van der Waals surface area contributed by atoms with Gasteiger partial charge in [-0.25, -0.2) is 0 Å². The molecule has 0 unspecified atom stereocenters. The van der Waals surface area contributed by atoms with Crippen LogP contribution in [0.5, 0.6) is 0 Å². The van der Waals surface area contributed by atoms with E-state index < -0.39 is 5.41 Å². The summed E-state index contributed by atoms with van der Waals surface area (Å²) in [6.45, 7) is 5.29. The number of terminal acetylenes is 1. The second-order valence-electron chi connectivity index (χ2n) is 4.92. The number of nitrogens with zero attached hydrogens (tertiary/aromatic N) is 1. The molecule has 0 bridgehead atoms. The lowest BCUT2D eigenvalue weighted by Gasteiger charge is -2.29. The van der Waals surface area contributed by atoms with Crippen molar-refractivity contribution >= 4 is 5.91 Å². The minimum absolute atomic E-state index is 0.0786. The van der Waals surface area contributed by atoms with E-state index in [-0.39, 0.29) is 5.91 Å². The molecule has 15 heavy (non-hydrogen) atoms. The molecular weight excluding hydrogens is 188 g/mol. The van der Waals surface area contributed by atoms with E-state index in [9.17, 15) is 4.79 Å². The van der Waals surface area contributed by atoms with Crippen molar-refractivity contribution in [1.29, 1.82) is 0 Å². The molecule has 0 atom stereocenters. The van der Waals surface area contributed by atoms with E-state index in [1.54, 1.807) is 4.90 Å². The highest BCUT2D eigenvalue weighted by atomic mass is 16.2. The van der Waals surface area contributed by atoms with Gasteiger partial charge in [0.05, 0.1) is 12.0 Å². The third kappa shape index (κ3) is 3.24. The van der Waals surface area contributed by atoms with Crippen molar-refractivity contribution in [3.63, 3.8) is 0 Å². The molecule has 1 amide bonds. The van der Waals surface area contributed by atoms with Crippen LogP contribution >= 0.6 is 0 Å². The van der Waals surface area contributed by atoms with Gasteiger partial charge in [0.25, 0.3) is 0 Å². The van der Waals surface area contributed by atoms with Crippen molar-refractivity contribution in [1.82, 2.24) is 4.90 Å². The molecule has 0 aromatic rings. The topological polar surface area (TPSA) is 46.3 Å². The Hall–Kier alpha value is -1.01. The Morgan fingerprint density at radius 3 is 2.60 bits per heavy atom. The fraction of sp³-hybridized carbons (Fsp3) is 0.750. The SMILES string of the molecule is C#CCN(CC1CC1)C(=O)C(C)(C)CN. The van der Waals surface area contributed by atoms with E-state index in [2.05, 4.69) is 5.92 Å². The average Bonchev–Trinajstić information content (AvgIpc) is 3.00. The second kappa shape index (κ2) is 4.67. The molecule has 0 heterocycles. The van der Waals surface area contributed by atoms with Crippen LogP contribution in [0.1, 0.15) is 26.7 Å². The molecular formula is C12H20N2O. The summed E-state index contributed by atoms with van der Waals surface area (Å²) in [5, 5.41) is 0. The summed E-state index contributed by atoms with van der Waals surface area (Å²) >= 11 is 0. The molecule has 0 aromatic carbocycles. The molecule has 0 spiro atoms. The van der Waals surface area contributed by atoms with Crippen molar-refractivity contribution in [2.75, 3.05) is 19.6 Å². The van der Waals surface area contributed by atoms with Crippen LogP contribution in [0.15, 0.2) is 0 Å². The van der Waals surface area contributed by atoms with E-state index in [4.69, 9.17) is 12.2 Å². The van der Waals surface area contributed by atoms with Crippen LogP contribution in [0, 0.1) is 23.7 Å². The number of rotatable bonds is 5. The highest BCUT2D eigenvalue weighted by Gasteiger charge is 2.33. The predicted octanol–water partition coefficient (Wildman–Crippen LogP) is 0.843. The normalized spacial score (nSPS) is 15.9. The maximum Gasteiger partial charge on any atom is 0.230 e. The lowest BCUT2D eigenvalue weighted by atomic mass is 9.91. The van der Waals surface area contributed by atoms with Gasteiger partial charge in [-0.1, -0.05) is 5.92 Å². The fourth-order valence-corrected chi connectivity index (χ4v) is 1.46. The van der Waals surface area contributed by atoms with Crippen molar-refractivity contribution in [3.8, 4) is 12.3 Å². The first-order chi connectivity index (χ1) is 7.01. The molecule has 0 aromatic heterocycles. The van der Waals surface area contributed by atoms with Crippen LogP contribution < -0.4 is 5.73 Å². The van der Waals surface area contributed by atoms with Crippen LogP contribution in [0.2, 0.25) is 0 Å². The monoisotopic (exact) mass is 208 g/mol. The average molecular weight is 208 g/mol. The molecule has 3 nitrogen and oxygen atoms in total. The number of hydrogen-bond acceptors (Lipinski definition) is 2. The molecule has 84 valence electrons. The maximum atomic E-state index is 12.1. The zero-order valence-electron chi connectivity index (χ0n) is 9.62. The number of amides is 1. The van der Waals surface area contributed by atoms with Crippen molar-refractivity contribution in [2.45, 2.75) is 26.7 Å². The third-order valence-corrected chi connectivity index (χ3v) is 2.83. The zero-order chi connectivity index (χ0) is 11.5. The van der Waals surface area contributed by atoms with Gasteiger partial charge >= 0.3 is 0 Å². The number of carbonyl (C=O) groups is 1. The molecule has 2 N–H and O–H groups in total. The molecule has 0 saturated heterocycles. The Kier molecular flexibility index (Phi) is 3.76. The first-order valence-corrected chi connectivity index (χ1v) is 5.44. The van der Waals surface area contributed by atoms with Crippen LogP contribution in [0.3, 0.4) is 0 Å². The van der Waals surface area contributed by atoms with E-state index in [0.29, 0.717) is 19.0 Å². The predicted molar refractivity (Wildman–Crippen MR) is 61.0 cm³/mol. The molecule has 0 aliphatic heterocycles. The Labute approximate surface area is 92.0 Å². The Bertz CT molecular complexity index is 274. The highest BCUT2D eigenvalue weighted by Crippen LogP contribution is 2.30. The molecule has 3 heteroatoms. The first-order valence-electron chi connectivity index (χ1n) is 5.44. The van der Waals surface area contributed by atoms with Gasteiger partial charge in [0, 0.05) is 13.1 Å². The van der Waals surface area contributed by atoms with Gasteiger partial charge in [-0.05, 0) is 32.6 Å². The molecule has 1 aliphatic rings. The van der Waals surface area contributed by atoms with Gasteiger partial charge in [-0.15, -0.1) is 6.42 Å². The van der Waals surface area contributed by atoms with E-state index in [0.717, 1.165) is 6.54 Å². The van der Waals surface area contributed by atoms with Crippen LogP contribution in [0.25, 0.3) is 0 Å². The van der Waals surface area contributed by atoms with E-state index in [1.807, 2.05) is 13.8 Å². The van der Waals surface area contributed by atoms with Crippen molar-refractivity contribution in [2.24, 2.45) is 17.1 Å². The Balaban J connectivity index is 2.61. The second-order valence-corrected chi connectivity index (χ2v) is 4.92. The number of nitrogens with two attached hydrogens (primary N) is 1. The van der Waals surface area contributed by atoms with Crippen molar-refractivity contribution < 1.29 is 4.79 Å². The molecule has 1 aliphatic carbocycles. The quantitative estimate of drug-likeness (QED) is 0.681. The van der Waals surface area contributed by atoms with Gasteiger partial charge in [0.2, 0.25) is 5.91 Å². The summed E-state index contributed by atoms with van der Waals surface area (Å²) in [4.78, 5) is 13.9. The summed E-state index contributed by atoms with van der Waals surface area (Å²) in [6.07, 6.45) is 7.71.